The average Bonchev–Trinajstić information content (AvgIpc) is 3.14. The van der Waals surface area contributed by atoms with E-state index in [-0.39, 0.29) is 23.1 Å². The van der Waals surface area contributed by atoms with Crippen LogP contribution in [0.15, 0.2) is 36.4 Å². The Morgan fingerprint density at radius 3 is 2.50 bits per heavy atom. The first-order valence-electron chi connectivity index (χ1n) is 8.80. The van der Waals surface area contributed by atoms with Gasteiger partial charge in [-0.2, -0.15) is 0 Å². The lowest BCUT2D eigenvalue weighted by atomic mass is 10.1. The van der Waals surface area contributed by atoms with Gasteiger partial charge in [-0.15, -0.1) is 11.8 Å². The lowest BCUT2D eigenvalue weighted by molar-refractivity contribution is -0.385. The molecule has 0 bridgehead atoms. The summed E-state index contributed by atoms with van der Waals surface area (Å²) in [6.07, 6.45) is 0. The summed E-state index contributed by atoms with van der Waals surface area (Å²) in [6.45, 7) is 5.59. The van der Waals surface area contributed by atoms with Crippen LogP contribution in [0.5, 0.6) is 0 Å². The molecule has 3 rings (SSSR count). The van der Waals surface area contributed by atoms with Gasteiger partial charge in [-0.1, -0.05) is 12.1 Å². The Hall–Kier alpha value is -2.87. The van der Waals surface area contributed by atoms with Crippen molar-refractivity contribution in [3.63, 3.8) is 0 Å². The van der Waals surface area contributed by atoms with Crippen molar-refractivity contribution in [1.29, 1.82) is 0 Å². The summed E-state index contributed by atoms with van der Waals surface area (Å²) >= 11 is 1.48. The monoisotopic (exact) mass is 399 g/mol. The fourth-order valence-corrected chi connectivity index (χ4v) is 4.16. The number of amides is 2. The Morgan fingerprint density at radius 2 is 1.82 bits per heavy atom. The van der Waals surface area contributed by atoms with Crippen molar-refractivity contribution in [2.75, 3.05) is 16.9 Å². The Kier molecular flexibility index (Phi) is 5.69. The van der Waals surface area contributed by atoms with E-state index in [0.29, 0.717) is 22.9 Å². The maximum absolute atomic E-state index is 12.9. The highest BCUT2D eigenvalue weighted by atomic mass is 32.2. The molecule has 2 aromatic rings. The van der Waals surface area contributed by atoms with Gasteiger partial charge in [-0.25, -0.2) is 0 Å². The van der Waals surface area contributed by atoms with Crippen molar-refractivity contribution in [2.45, 2.75) is 26.8 Å². The van der Waals surface area contributed by atoms with Crippen molar-refractivity contribution < 1.29 is 14.5 Å². The molecule has 28 heavy (non-hydrogen) atoms. The second-order valence-corrected chi connectivity index (χ2v) is 7.84. The van der Waals surface area contributed by atoms with Gasteiger partial charge in [-0.05, 0) is 50.1 Å². The van der Waals surface area contributed by atoms with Crippen molar-refractivity contribution in [2.24, 2.45) is 0 Å². The van der Waals surface area contributed by atoms with Gasteiger partial charge in [-0.3, -0.25) is 19.7 Å². The molecule has 1 aliphatic rings. The molecule has 1 atom stereocenters. The van der Waals surface area contributed by atoms with E-state index < -0.39 is 11.0 Å². The Bertz CT molecular complexity index is 960. The minimum atomic E-state index is -0.625. The summed E-state index contributed by atoms with van der Waals surface area (Å²) in [4.78, 5) is 37.8. The van der Waals surface area contributed by atoms with E-state index in [9.17, 15) is 19.7 Å². The van der Waals surface area contributed by atoms with Crippen molar-refractivity contribution in [3.05, 3.63) is 68.8 Å². The molecule has 7 nitrogen and oxygen atoms in total. The number of benzene rings is 2. The number of thioether (sulfide) groups is 1. The van der Waals surface area contributed by atoms with E-state index in [1.54, 1.807) is 19.1 Å². The van der Waals surface area contributed by atoms with Crippen molar-refractivity contribution in [1.82, 2.24) is 4.90 Å². The Labute approximate surface area is 167 Å². The molecule has 2 amide bonds. The molecule has 0 saturated carbocycles. The highest BCUT2D eigenvalue weighted by Gasteiger charge is 2.35. The molecule has 0 aliphatic carbocycles. The van der Waals surface area contributed by atoms with Crippen molar-refractivity contribution >= 4 is 35.0 Å². The number of hydrogen-bond donors (Lipinski definition) is 1. The van der Waals surface area contributed by atoms with Crippen LogP contribution in [0.3, 0.4) is 0 Å². The number of rotatable bonds is 4. The lowest BCUT2D eigenvalue weighted by Crippen LogP contribution is -2.44. The first-order valence-corrected chi connectivity index (χ1v) is 9.95. The third kappa shape index (κ3) is 4.01. The van der Waals surface area contributed by atoms with Crippen LogP contribution < -0.4 is 5.32 Å². The molecule has 1 unspecified atom stereocenters. The molecule has 1 fully saturated rings. The second-order valence-electron chi connectivity index (χ2n) is 6.84. The van der Waals surface area contributed by atoms with Crippen LogP contribution in [0.1, 0.15) is 27.0 Å². The number of carbonyl (C=O) groups is 2. The van der Waals surface area contributed by atoms with E-state index in [1.165, 1.54) is 22.7 Å². The summed E-state index contributed by atoms with van der Waals surface area (Å²) in [5.74, 6) is 0.207. The maximum Gasteiger partial charge on any atom is 0.273 e. The third-order valence-electron chi connectivity index (χ3n) is 4.87. The van der Waals surface area contributed by atoms with Crippen LogP contribution in [0, 0.1) is 30.9 Å². The van der Waals surface area contributed by atoms with Gasteiger partial charge in [0, 0.05) is 28.6 Å². The summed E-state index contributed by atoms with van der Waals surface area (Å²) in [5.41, 5.74) is 3.48. The SMILES string of the molecule is Cc1ccc(NC(=O)C2CSCN2C(=O)c2ccc(C)c([N+](=O)[O-])c2)cc1C. The zero-order valence-electron chi connectivity index (χ0n) is 15.9. The van der Waals surface area contributed by atoms with E-state index >= 15 is 0 Å². The molecule has 0 aromatic heterocycles. The molecule has 0 spiro atoms. The number of nitro benzene ring substituents is 1. The minimum absolute atomic E-state index is 0.103. The minimum Gasteiger partial charge on any atom is -0.324 e. The molecule has 146 valence electrons. The van der Waals surface area contributed by atoms with Gasteiger partial charge >= 0.3 is 0 Å². The molecule has 8 heteroatoms. The highest BCUT2D eigenvalue weighted by Crippen LogP contribution is 2.27. The molecule has 1 heterocycles. The predicted octanol–water partition coefficient (Wildman–Crippen LogP) is 3.67. The molecule has 0 radical (unpaired) electrons. The van der Waals surface area contributed by atoms with Crippen LogP contribution in [-0.4, -0.2) is 39.3 Å². The summed E-state index contributed by atoms with van der Waals surface area (Å²) in [6, 6.07) is 9.43. The van der Waals surface area contributed by atoms with Crippen LogP contribution in [0.25, 0.3) is 0 Å². The van der Waals surface area contributed by atoms with Crippen LogP contribution in [-0.2, 0) is 4.79 Å². The largest absolute Gasteiger partial charge is 0.324 e. The summed E-state index contributed by atoms with van der Waals surface area (Å²) < 4.78 is 0. The molecular weight excluding hydrogens is 378 g/mol. The standard InChI is InChI=1S/C20H21N3O4S/c1-12-5-7-16(8-14(12)3)21-19(24)18-10-28-11-22(18)20(25)15-6-4-13(2)17(9-15)23(26)27/h4-9,18H,10-11H2,1-3H3,(H,21,24). The van der Waals surface area contributed by atoms with Crippen molar-refractivity contribution in [3.8, 4) is 0 Å². The number of anilines is 1. The first-order chi connectivity index (χ1) is 13.3. The van der Waals surface area contributed by atoms with Gasteiger partial charge in [0.2, 0.25) is 5.91 Å². The fraction of sp³-hybridized carbons (Fsp3) is 0.300. The van der Waals surface area contributed by atoms with Gasteiger partial charge < -0.3 is 10.2 Å². The quantitative estimate of drug-likeness (QED) is 0.625. The van der Waals surface area contributed by atoms with E-state index in [4.69, 9.17) is 0 Å². The number of nitrogens with zero attached hydrogens (tertiary/aromatic N) is 2. The lowest BCUT2D eigenvalue weighted by Gasteiger charge is -2.23. The molecule has 2 aromatic carbocycles. The number of aryl methyl sites for hydroxylation is 3. The van der Waals surface area contributed by atoms with Crippen LogP contribution >= 0.6 is 11.8 Å². The van der Waals surface area contributed by atoms with Gasteiger partial charge in [0.1, 0.15) is 6.04 Å². The normalized spacial score (nSPS) is 16.1. The fourth-order valence-electron chi connectivity index (χ4n) is 3.01. The molecule has 1 saturated heterocycles. The van der Waals surface area contributed by atoms with Crippen LogP contribution in [0.4, 0.5) is 11.4 Å². The Morgan fingerprint density at radius 1 is 1.11 bits per heavy atom. The zero-order valence-corrected chi connectivity index (χ0v) is 16.7. The maximum atomic E-state index is 12.9. The number of nitro groups is 1. The topological polar surface area (TPSA) is 92.6 Å². The van der Waals surface area contributed by atoms with Gasteiger partial charge in [0.25, 0.3) is 11.6 Å². The van der Waals surface area contributed by atoms with Gasteiger partial charge in [0.05, 0.1) is 10.8 Å². The number of nitrogens with one attached hydrogen (secondary N) is 1. The zero-order chi connectivity index (χ0) is 20.4. The summed E-state index contributed by atoms with van der Waals surface area (Å²) in [5, 5.41) is 14.0. The molecule has 1 aliphatic heterocycles. The summed E-state index contributed by atoms with van der Waals surface area (Å²) in [7, 11) is 0. The van der Waals surface area contributed by atoms with Crippen LogP contribution in [0.2, 0.25) is 0 Å². The van der Waals surface area contributed by atoms with E-state index in [2.05, 4.69) is 5.32 Å². The molecular formula is C20H21N3O4S. The highest BCUT2D eigenvalue weighted by molar-refractivity contribution is 7.99. The Balaban J connectivity index is 1.79. The number of carbonyl (C=O) groups excluding carboxylic acids is 2. The molecule has 1 N–H and O–H groups in total. The number of hydrogen-bond acceptors (Lipinski definition) is 5. The first kappa shape index (κ1) is 19.9. The average molecular weight is 399 g/mol. The van der Waals surface area contributed by atoms with Gasteiger partial charge in [0.15, 0.2) is 0 Å². The smallest absolute Gasteiger partial charge is 0.273 e. The predicted molar refractivity (Wildman–Crippen MR) is 110 cm³/mol. The van der Waals surface area contributed by atoms with E-state index in [0.717, 1.165) is 11.1 Å². The third-order valence-corrected chi connectivity index (χ3v) is 5.89. The second kappa shape index (κ2) is 8.02. The van der Waals surface area contributed by atoms with E-state index in [1.807, 2.05) is 32.0 Å².